The maximum absolute atomic E-state index is 13.1. The Balaban J connectivity index is 1.88. The molecule has 2 heterocycles. The van der Waals surface area contributed by atoms with Gasteiger partial charge in [0, 0.05) is 6.20 Å². The summed E-state index contributed by atoms with van der Waals surface area (Å²) in [5, 5.41) is 11.2. The molecule has 0 radical (unpaired) electrons. The minimum atomic E-state index is -0.798. The Bertz CT molecular complexity index is 1170. The lowest BCUT2D eigenvalue weighted by Crippen LogP contribution is -2.29. The Hall–Kier alpha value is -4.13. The molecule has 3 aromatic rings. The number of carbonyl (C=O) groups is 2. The van der Waals surface area contributed by atoms with E-state index in [1.807, 2.05) is 6.07 Å². The summed E-state index contributed by atoms with van der Waals surface area (Å²) < 4.78 is 10.6. The van der Waals surface area contributed by atoms with E-state index < -0.39 is 17.7 Å². The van der Waals surface area contributed by atoms with Crippen LogP contribution in [0.2, 0.25) is 0 Å². The zero-order valence-electron chi connectivity index (χ0n) is 17.7. The maximum Gasteiger partial charge on any atom is 0.296 e. The number of hydrogen-bond donors (Lipinski definition) is 1. The van der Waals surface area contributed by atoms with Crippen LogP contribution in [0.25, 0.3) is 5.76 Å². The molecule has 7 heteroatoms. The van der Waals surface area contributed by atoms with E-state index in [2.05, 4.69) is 4.98 Å². The third kappa shape index (κ3) is 3.80. The second kappa shape index (κ2) is 8.93. The number of ether oxygens (including phenoxy) is 2. The molecule has 1 fully saturated rings. The van der Waals surface area contributed by atoms with Gasteiger partial charge in [0.15, 0.2) is 0 Å². The highest BCUT2D eigenvalue weighted by Crippen LogP contribution is 2.41. The highest BCUT2D eigenvalue weighted by molar-refractivity contribution is 6.46. The van der Waals surface area contributed by atoms with Gasteiger partial charge < -0.3 is 19.5 Å². The highest BCUT2D eigenvalue weighted by Gasteiger charge is 2.46. The molecule has 1 saturated heterocycles. The van der Waals surface area contributed by atoms with Crippen molar-refractivity contribution < 1.29 is 24.2 Å². The minimum Gasteiger partial charge on any atom is -0.507 e. The van der Waals surface area contributed by atoms with Crippen LogP contribution < -0.4 is 9.47 Å². The van der Waals surface area contributed by atoms with E-state index in [4.69, 9.17) is 9.47 Å². The van der Waals surface area contributed by atoms with Crippen LogP contribution >= 0.6 is 0 Å². The van der Waals surface area contributed by atoms with Crippen LogP contribution in [0.3, 0.4) is 0 Å². The summed E-state index contributed by atoms with van der Waals surface area (Å²) in [6.07, 6.45) is 1.63. The van der Waals surface area contributed by atoms with Crippen molar-refractivity contribution in [3.05, 3.63) is 95.3 Å². The number of benzene rings is 2. The lowest BCUT2D eigenvalue weighted by molar-refractivity contribution is -0.140. The van der Waals surface area contributed by atoms with E-state index in [0.29, 0.717) is 28.3 Å². The molecule has 0 spiro atoms. The number of methoxy groups -OCH3 is 2. The number of hydrogen-bond acceptors (Lipinski definition) is 6. The Labute approximate surface area is 185 Å². The number of carbonyl (C=O) groups excluding carboxylic acids is 2. The molecule has 1 aliphatic rings. The fourth-order valence-electron chi connectivity index (χ4n) is 3.83. The van der Waals surface area contributed by atoms with Crippen molar-refractivity contribution in [2.45, 2.75) is 12.6 Å². The summed E-state index contributed by atoms with van der Waals surface area (Å²) in [6.45, 7) is 0.116. The molecule has 0 bridgehead atoms. The van der Waals surface area contributed by atoms with Crippen LogP contribution in [-0.4, -0.2) is 40.9 Å². The maximum atomic E-state index is 13.1. The fraction of sp³-hybridized carbons (Fsp3) is 0.160. The van der Waals surface area contributed by atoms with E-state index in [-0.39, 0.29) is 17.9 Å². The average Bonchev–Trinajstić information content (AvgIpc) is 3.09. The Morgan fingerprint density at radius 2 is 1.69 bits per heavy atom. The number of aliphatic hydroxyl groups excluding tert-OH is 1. The van der Waals surface area contributed by atoms with Gasteiger partial charge in [-0.25, -0.2) is 0 Å². The topological polar surface area (TPSA) is 89.0 Å². The number of amides is 1. The number of aromatic nitrogens is 1. The predicted molar refractivity (Wildman–Crippen MR) is 118 cm³/mol. The lowest BCUT2D eigenvalue weighted by Gasteiger charge is -2.25. The van der Waals surface area contributed by atoms with Gasteiger partial charge in [-0.2, -0.15) is 0 Å². The zero-order chi connectivity index (χ0) is 22.7. The van der Waals surface area contributed by atoms with E-state index in [1.165, 1.54) is 12.0 Å². The van der Waals surface area contributed by atoms with Crippen LogP contribution in [0.1, 0.15) is 22.9 Å². The summed E-state index contributed by atoms with van der Waals surface area (Å²) >= 11 is 0. The number of rotatable bonds is 6. The van der Waals surface area contributed by atoms with Crippen LogP contribution in [-0.2, 0) is 16.1 Å². The first kappa shape index (κ1) is 21.1. The first-order valence-corrected chi connectivity index (χ1v) is 10.0. The van der Waals surface area contributed by atoms with Crippen molar-refractivity contribution in [3.63, 3.8) is 0 Å². The van der Waals surface area contributed by atoms with Crippen molar-refractivity contribution in [2.75, 3.05) is 14.2 Å². The molecule has 32 heavy (non-hydrogen) atoms. The molecule has 4 rings (SSSR count). The fourth-order valence-corrected chi connectivity index (χ4v) is 3.83. The molecule has 7 nitrogen and oxygen atoms in total. The number of aliphatic hydroxyl groups is 1. The number of ketones is 1. The van der Waals surface area contributed by atoms with E-state index in [0.717, 1.165) is 0 Å². The first-order valence-electron chi connectivity index (χ1n) is 10.0. The molecule has 1 atom stereocenters. The van der Waals surface area contributed by atoms with Crippen LogP contribution in [0, 0.1) is 0 Å². The number of likely N-dealkylation sites (tertiary alicyclic amines) is 1. The summed E-state index contributed by atoms with van der Waals surface area (Å²) in [5.41, 5.74) is 1.63. The third-order valence-electron chi connectivity index (χ3n) is 5.39. The van der Waals surface area contributed by atoms with Crippen molar-refractivity contribution >= 4 is 17.4 Å². The van der Waals surface area contributed by atoms with Gasteiger partial charge in [-0.15, -0.1) is 0 Å². The second-order valence-electron chi connectivity index (χ2n) is 7.22. The second-order valence-corrected chi connectivity index (χ2v) is 7.22. The summed E-state index contributed by atoms with van der Waals surface area (Å²) in [5.74, 6) is -0.710. The Morgan fingerprint density at radius 1 is 0.969 bits per heavy atom. The van der Waals surface area contributed by atoms with Crippen molar-refractivity contribution in [1.82, 2.24) is 9.88 Å². The van der Waals surface area contributed by atoms with E-state index >= 15 is 0 Å². The molecule has 1 N–H and O–H groups in total. The van der Waals surface area contributed by atoms with Gasteiger partial charge in [0.1, 0.15) is 17.3 Å². The minimum absolute atomic E-state index is 0.000554. The molecule has 1 aromatic heterocycles. The number of nitrogens with zero attached hydrogens (tertiary/aromatic N) is 2. The van der Waals surface area contributed by atoms with E-state index in [1.54, 1.807) is 74.0 Å². The third-order valence-corrected chi connectivity index (χ3v) is 5.39. The summed E-state index contributed by atoms with van der Waals surface area (Å²) in [4.78, 5) is 31.9. The van der Waals surface area contributed by atoms with Crippen molar-refractivity contribution in [1.29, 1.82) is 0 Å². The van der Waals surface area contributed by atoms with E-state index in [9.17, 15) is 14.7 Å². The molecule has 162 valence electrons. The van der Waals surface area contributed by atoms with Crippen molar-refractivity contribution in [3.8, 4) is 11.5 Å². The Morgan fingerprint density at radius 3 is 2.34 bits per heavy atom. The largest absolute Gasteiger partial charge is 0.507 e. The van der Waals surface area contributed by atoms with Gasteiger partial charge in [-0.1, -0.05) is 30.3 Å². The molecular formula is C25H22N2O5. The van der Waals surface area contributed by atoms with Gasteiger partial charge in [-0.05, 0) is 42.0 Å². The number of Topliss-reactive ketones (excluding diaryl/α,β-unsaturated/α-hetero) is 1. The number of pyridine rings is 1. The van der Waals surface area contributed by atoms with Gasteiger partial charge in [0.05, 0.1) is 43.6 Å². The zero-order valence-corrected chi connectivity index (χ0v) is 17.7. The smallest absolute Gasteiger partial charge is 0.296 e. The van der Waals surface area contributed by atoms with Crippen LogP contribution in [0.4, 0.5) is 0 Å². The SMILES string of the molecule is COc1ccc(C2/C(=C(/O)c3ccccc3OC)C(=O)C(=O)N2Cc2ccccn2)cc1. The molecule has 0 aliphatic carbocycles. The first-order chi connectivity index (χ1) is 15.5. The standard InChI is InChI=1S/C25H22N2O5/c1-31-18-12-10-16(11-13-18)22-21(23(28)19-8-3-4-9-20(19)32-2)24(29)25(30)27(22)15-17-7-5-6-14-26-17/h3-14,22,28H,15H2,1-2H3/b23-21-. The summed E-state index contributed by atoms with van der Waals surface area (Å²) in [6, 6.07) is 18.4. The van der Waals surface area contributed by atoms with Crippen molar-refractivity contribution in [2.24, 2.45) is 0 Å². The van der Waals surface area contributed by atoms with Gasteiger partial charge in [0.25, 0.3) is 11.7 Å². The quantitative estimate of drug-likeness (QED) is 0.364. The molecule has 1 unspecified atom stereocenters. The monoisotopic (exact) mass is 430 g/mol. The van der Waals surface area contributed by atoms with Gasteiger partial charge in [-0.3, -0.25) is 14.6 Å². The predicted octanol–water partition coefficient (Wildman–Crippen LogP) is 3.72. The van der Waals surface area contributed by atoms with Crippen LogP contribution in [0.15, 0.2) is 78.5 Å². The normalized spacial score (nSPS) is 17.4. The molecule has 1 aliphatic heterocycles. The van der Waals surface area contributed by atoms with Gasteiger partial charge >= 0.3 is 0 Å². The molecule has 0 saturated carbocycles. The molecule has 2 aromatic carbocycles. The lowest BCUT2D eigenvalue weighted by atomic mass is 9.95. The van der Waals surface area contributed by atoms with Crippen LogP contribution in [0.5, 0.6) is 11.5 Å². The Kier molecular flexibility index (Phi) is 5.89. The molecule has 1 amide bonds. The summed E-state index contributed by atoms with van der Waals surface area (Å²) in [7, 11) is 3.04. The highest BCUT2D eigenvalue weighted by atomic mass is 16.5. The van der Waals surface area contributed by atoms with Gasteiger partial charge in [0.2, 0.25) is 0 Å². The molecular weight excluding hydrogens is 408 g/mol. The average molecular weight is 430 g/mol. The number of para-hydroxylation sites is 1.